The molecule has 1 aliphatic rings. The van der Waals surface area contributed by atoms with Crippen LogP contribution < -0.4 is 15.8 Å². The Hall–Kier alpha value is -1.43. The number of sulfone groups is 1. The van der Waals surface area contributed by atoms with Gasteiger partial charge in [0.1, 0.15) is 5.75 Å². The average molecular weight is 270 g/mol. The quantitative estimate of drug-likeness (QED) is 0.805. The van der Waals surface area contributed by atoms with Crippen LogP contribution in [0.25, 0.3) is 0 Å². The van der Waals surface area contributed by atoms with E-state index < -0.39 is 9.84 Å². The van der Waals surface area contributed by atoms with Crippen LogP contribution in [0.5, 0.6) is 5.75 Å². The highest BCUT2D eigenvalue weighted by Crippen LogP contribution is 2.26. The predicted octanol–water partition coefficient (Wildman–Crippen LogP) is 1.27. The van der Waals surface area contributed by atoms with Gasteiger partial charge in [0.25, 0.3) is 0 Å². The highest BCUT2D eigenvalue weighted by Gasteiger charge is 2.30. The van der Waals surface area contributed by atoms with Crippen molar-refractivity contribution in [3.05, 3.63) is 18.2 Å². The molecule has 3 N–H and O–H groups in total. The van der Waals surface area contributed by atoms with Gasteiger partial charge in [-0.3, -0.25) is 0 Å². The Labute approximate surface area is 107 Å². The Balaban J connectivity index is 2.02. The van der Waals surface area contributed by atoms with E-state index in [1.807, 2.05) is 6.07 Å². The molecule has 0 spiro atoms. The molecule has 0 radical (unpaired) electrons. The number of nitrogen functional groups attached to an aromatic ring is 1. The molecule has 0 saturated carbocycles. The van der Waals surface area contributed by atoms with Crippen LogP contribution in [0.2, 0.25) is 0 Å². The smallest absolute Gasteiger partial charge is 0.154 e. The van der Waals surface area contributed by atoms with Gasteiger partial charge in [0.15, 0.2) is 9.84 Å². The first-order valence-corrected chi connectivity index (χ1v) is 7.63. The van der Waals surface area contributed by atoms with Crippen molar-refractivity contribution in [1.29, 1.82) is 0 Å². The Morgan fingerprint density at radius 3 is 2.89 bits per heavy atom. The Kier molecular flexibility index (Phi) is 3.65. The van der Waals surface area contributed by atoms with Crippen molar-refractivity contribution in [2.24, 2.45) is 0 Å². The normalized spacial score (nSPS) is 21.7. The fraction of sp³-hybridized carbons (Fsp3) is 0.500. The lowest BCUT2D eigenvalue weighted by Crippen LogP contribution is -2.25. The fourth-order valence-electron chi connectivity index (χ4n) is 2.14. The van der Waals surface area contributed by atoms with E-state index in [1.54, 1.807) is 19.2 Å². The number of nitrogens with two attached hydrogens (primary N) is 1. The maximum absolute atomic E-state index is 11.7. The molecule has 0 aliphatic carbocycles. The molecule has 0 aromatic heterocycles. The van der Waals surface area contributed by atoms with Crippen molar-refractivity contribution >= 4 is 21.2 Å². The molecule has 2 rings (SSSR count). The number of ether oxygens (including phenoxy) is 1. The van der Waals surface area contributed by atoms with E-state index in [9.17, 15) is 8.42 Å². The van der Waals surface area contributed by atoms with Crippen molar-refractivity contribution in [3.63, 3.8) is 0 Å². The van der Waals surface area contributed by atoms with Crippen LogP contribution in [0.3, 0.4) is 0 Å². The molecular weight excluding hydrogens is 252 g/mol. The average Bonchev–Trinajstić information content (AvgIpc) is 2.67. The molecule has 18 heavy (non-hydrogen) atoms. The van der Waals surface area contributed by atoms with Crippen LogP contribution >= 0.6 is 0 Å². The van der Waals surface area contributed by atoms with E-state index in [-0.39, 0.29) is 5.25 Å². The number of methoxy groups -OCH3 is 1. The molecule has 0 bridgehead atoms. The summed E-state index contributed by atoms with van der Waals surface area (Å²) in [6.07, 6.45) is 1.50. The zero-order valence-corrected chi connectivity index (χ0v) is 11.2. The fourth-order valence-corrected chi connectivity index (χ4v) is 3.91. The van der Waals surface area contributed by atoms with Crippen LogP contribution in [-0.2, 0) is 9.84 Å². The Morgan fingerprint density at radius 2 is 2.28 bits per heavy atom. The lowest BCUT2D eigenvalue weighted by atomic mass is 10.2. The highest BCUT2D eigenvalue weighted by molar-refractivity contribution is 7.92. The van der Waals surface area contributed by atoms with Gasteiger partial charge in [0.2, 0.25) is 0 Å². The third-order valence-electron chi connectivity index (χ3n) is 3.23. The summed E-state index contributed by atoms with van der Waals surface area (Å²) in [7, 11) is -1.35. The first kappa shape index (κ1) is 13.0. The van der Waals surface area contributed by atoms with Crippen molar-refractivity contribution in [2.75, 3.05) is 30.5 Å². The lowest BCUT2D eigenvalue weighted by molar-refractivity contribution is 0.417. The largest absolute Gasteiger partial charge is 0.495 e. The topological polar surface area (TPSA) is 81.4 Å². The van der Waals surface area contributed by atoms with Gasteiger partial charge in [-0.25, -0.2) is 8.42 Å². The summed E-state index contributed by atoms with van der Waals surface area (Å²) in [5.74, 6) is 0.902. The van der Waals surface area contributed by atoms with E-state index >= 15 is 0 Å². The number of benzene rings is 1. The molecule has 5 nitrogen and oxygen atoms in total. The molecular formula is C12H18N2O3S. The predicted molar refractivity (Wildman–Crippen MR) is 72.7 cm³/mol. The third kappa shape index (κ3) is 2.69. The van der Waals surface area contributed by atoms with Crippen molar-refractivity contribution < 1.29 is 13.2 Å². The van der Waals surface area contributed by atoms with Gasteiger partial charge in [-0.1, -0.05) is 0 Å². The van der Waals surface area contributed by atoms with Gasteiger partial charge >= 0.3 is 0 Å². The molecule has 6 heteroatoms. The number of nitrogens with one attached hydrogen (secondary N) is 1. The van der Waals surface area contributed by atoms with E-state index in [0.29, 0.717) is 23.7 Å². The number of rotatable bonds is 4. The summed E-state index contributed by atoms with van der Waals surface area (Å²) >= 11 is 0. The number of hydrogen-bond donors (Lipinski definition) is 2. The van der Waals surface area contributed by atoms with Crippen molar-refractivity contribution in [3.8, 4) is 5.75 Å². The van der Waals surface area contributed by atoms with Crippen LogP contribution in [0.15, 0.2) is 18.2 Å². The van der Waals surface area contributed by atoms with Gasteiger partial charge in [0, 0.05) is 18.3 Å². The van der Waals surface area contributed by atoms with Gasteiger partial charge in [-0.2, -0.15) is 0 Å². The zero-order chi connectivity index (χ0) is 13.2. The van der Waals surface area contributed by atoms with E-state index in [1.165, 1.54) is 0 Å². The second kappa shape index (κ2) is 5.06. The molecule has 100 valence electrons. The Morgan fingerprint density at radius 1 is 1.50 bits per heavy atom. The minimum atomic E-state index is -2.90. The second-order valence-corrected chi connectivity index (χ2v) is 6.87. The van der Waals surface area contributed by atoms with Crippen molar-refractivity contribution in [2.45, 2.75) is 18.1 Å². The molecule has 1 aromatic carbocycles. The number of anilines is 2. The van der Waals surface area contributed by atoms with E-state index in [4.69, 9.17) is 10.5 Å². The minimum Gasteiger partial charge on any atom is -0.495 e. The summed E-state index contributed by atoms with van der Waals surface area (Å²) in [6.45, 7) is 0.440. The minimum absolute atomic E-state index is 0.277. The van der Waals surface area contributed by atoms with Gasteiger partial charge in [-0.15, -0.1) is 0 Å². The molecule has 1 aliphatic heterocycles. The van der Waals surface area contributed by atoms with Crippen LogP contribution in [0.4, 0.5) is 11.4 Å². The second-order valence-electron chi connectivity index (χ2n) is 4.47. The Bertz CT molecular complexity index is 528. The zero-order valence-electron chi connectivity index (χ0n) is 10.3. The molecule has 1 fully saturated rings. The van der Waals surface area contributed by atoms with E-state index in [0.717, 1.165) is 18.5 Å². The number of hydrogen-bond acceptors (Lipinski definition) is 5. The first-order valence-electron chi connectivity index (χ1n) is 5.92. The van der Waals surface area contributed by atoms with E-state index in [2.05, 4.69) is 5.32 Å². The summed E-state index contributed by atoms with van der Waals surface area (Å²) < 4.78 is 28.5. The highest BCUT2D eigenvalue weighted by atomic mass is 32.2. The summed E-state index contributed by atoms with van der Waals surface area (Å²) in [6, 6.07) is 5.33. The van der Waals surface area contributed by atoms with Crippen molar-refractivity contribution in [1.82, 2.24) is 0 Å². The lowest BCUT2D eigenvalue weighted by Gasteiger charge is -2.13. The summed E-state index contributed by atoms with van der Waals surface area (Å²) in [5, 5.41) is 2.85. The molecule has 1 aromatic rings. The van der Waals surface area contributed by atoms with Crippen LogP contribution in [-0.4, -0.2) is 33.1 Å². The van der Waals surface area contributed by atoms with Gasteiger partial charge in [0.05, 0.1) is 23.8 Å². The molecule has 1 heterocycles. The summed E-state index contributed by atoms with van der Waals surface area (Å²) in [5.41, 5.74) is 7.10. The first-order chi connectivity index (χ1) is 8.53. The van der Waals surface area contributed by atoms with Gasteiger partial charge in [-0.05, 0) is 25.0 Å². The van der Waals surface area contributed by atoms with Crippen LogP contribution in [0, 0.1) is 0 Å². The molecule has 1 unspecified atom stereocenters. The molecule has 0 amide bonds. The maximum atomic E-state index is 11.7. The third-order valence-corrected chi connectivity index (χ3v) is 5.51. The standard InChI is InChI=1S/C12H18N2O3S/c1-17-12-7-9(4-5-11(12)13)14-8-10-3-2-6-18(10,15)16/h4-5,7,10,14H,2-3,6,8,13H2,1H3. The van der Waals surface area contributed by atoms with Crippen LogP contribution in [0.1, 0.15) is 12.8 Å². The monoisotopic (exact) mass is 270 g/mol. The maximum Gasteiger partial charge on any atom is 0.154 e. The summed E-state index contributed by atoms with van der Waals surface area (Å²) in [4.78, 5) is 0. The molecule has 1 saturated heterocycles. The van der Waals surface area contributed by atoms with Gasteiger partial charge < -0.3 is 15.8 Å². The molecule has 1 atom stereocenters. The SMILES string of the molecule is COc1cc(NCC2CCCS2(=O)=O)ccc1N.